The van der Waals surface area contributed by atoms with Crippen molar-refractivity contribution in [3.05, 3.63) is 46.0 Å². The minimum absolute atomic E-state index is 0.186. The van der Waals surface area contributed by atoms with E-state index < -0.39 is 0 Å². The Morgan fingerprint density at radius 1 is 1.09 bits per heavy atom. The number of fused-ring (bicyclic) bond motifs is 5. The summed E-state index contributed by atoms with van der Waals surface area (Å²) in [4.78, 5) is 24.9. The minimum Gasteiger partial charge on any atom is -0.272 e. The van der Waals surface area contributed by atoms with E-state index in [-0.39, 0.29) is 35.5 Å². The molecule has 0 aromatic heterocycles. The zero-order chi connectivity index (χ0) is 15.4. The number of allylic oxidation sites excluding steroid dienone is 2. The van der Waals surface area contributed by atoms with Gasteiger partial charge in [-0.3, -0.25) is 9.59 Å². The van der Waals surface area contributed by atoms with Crippen molar-refractivity contribution in [2.75, 3.05) is 0 Å². The van der Waals surface area contributed by atoms with Crippen molar-refractivity contribution in [2.24, 2.45) is 28.8 Å². The van der Waals surface area contributed by atoms with Crippen LogP contribution in [0.2, 0.25) is 10.0 Å². The van der Waals surface area contributed by atoms with E-state index in [1.807, 2.05) is 0 Å². The number of carbonyl (C=O) groups excluding carboxylic acids is 2. The van der Waals surface area contributed by atoms with Gasteiger partial charge >= 0.3 is 0 Å². The van der Waals surface area contributed by atoms with E-state index in [1.54, 1.807) is 18.2 Å². The van der Waals surface area contributed by atoms with E-state index >= 15 is 0 Å². The Kier molecular flexibility index (Phi) is 3.13. The predicted octanol–water partition coefficient (Wildman–Crippen LogP) is 3.13. The van der Waals surface area contributed by atoms with Gasteiger partial charge in [0.2, 0.25) is 0 Å². The lowest BCUT2D eigenvalue weighted by Gasteiger charge is -2.13. The molecule has 4 atom stereocenters. The minimum atomic E-state index is -0.236. The van der Waals surface area contributed by atoms with Crippen molar-refractivity contribution in [3.63, 3.8) is 0 Å². The summed E-state index contributed by atoms with van der Waals surface area (Å²) in [5.74, 6) is -0.501. The van der Waals surface area contributed by atoms with Crippen LogP contribution in [-0.2, 0) is 9.59 Å². The molecule has 1 saturated heterocycles. The lowest BCUT2D eigenvalue weighted by molar-refractivity contribution is -0.140. The molecule has 4 rings (SSSR count). The van der Waals surface area contributed by atoms with Gasteiger partial charge in [-0.25, -0.2) is 0 Å². The first kappa shape index (κ1) is 14.0. The molecule has 2 amide bonds. The fourth-order valence-electron chi connectivity index (χ4n) is 3.73. The molecule has 6 heteroatoms. The Bertz CT molecular complexity index is 714. The zero-order valence-corrected chi connectivity index (χ0v) is 13.0. The van der Waals surface area contributed by atoms with Crippen molar-refractivity contribution in [1.29, 1.82) is 0 Å². The Labute approximate surface area is 137 Å². The molecular formula is C16H12Cl2N2O2. The molecule has 0 N–H and O–H groups in total. The van der Waals surface area contributed by atoms with Crippen molar-refractivity contribution in [3.8, 4) is 0 Å². The van der Waals surface area contributed by atoms with Crippen LogP contribution < -0.4 is 0 Å². The fourth-order valence-corrected chi connectivity index (χ4v) is 4.18. The van der Waals surface area contributed by atoms with Gasteiger partial charge < -0.3 is 0 Å². The quantitative estimate of drug-likeness (QED) is 0.474. The second-order valence-electron chi connectivity index (χ2n) is 5.90. The summed E-state index contributed by atoms with van der Waals surface area (Å²) >= 11 is 11.9. The van der Waals surface area contributed by atoms with E-state index in [0.29, 0.717) is 15.6 Å². The molecule has 2 fully saturated rings. The zero-order valence-electron chi connectivity index (χ0n) is 11.4. The van der Waals surface area contributed by atoms with Crippen LogP contribution in [0.4, 0.5) is 0 Å². The number of hydrogen-bond donors (Lipinski definition) is 0. The van der Waals surface area contributed by atoms with Crippen LogP contribution in [0.3, 0.4) is 0 Å². The molecule has 2 bridgehead atoms. The number of benzene rings is 1. The monoisotopic (exact) mass is 334 g/mol. The lowest BCUT2D eigenvalue weighted by Crippen LogP contribution is -2.28. The maximum Gasteiger partial charge on any atom is 0.254 e. The highest BCUT2D eigenvalue weighted by atomic mass is 35.5. The fraction of sp³-hybridized carbons (Fsp3) is 0.312. The summed E-state index contributed by atoms with van der Waals surface area (Å²) in [5.41, 5.74) is 0.616. The van der Waals surface area contributed by atoms with E-state index in [2.05, 4.69) is 17.3 Å². The van der Waals surface area contributed by atoms with Crippen LogP contribution in [0.1, 0.15) is 12.0 Å². The molecule has 0 spiro atoms. The van der Waals surface area contributed by atoms with E-state index in [9.17, 15) is 9.59 Å². The summed E-state index contributed by atoms with van der Waals surface area (Å²) < 4.78 is 0. The van der Waals surface area contributed by atoms with Crippen LogP contribution in [0.25, 0.3) is 0 Å². The number of rotatable bonds is 2. The molecule has 0 unspecified atom stereocenters. The number of imide groups is 1. The highest BCUT2D eigenvalue weighted by Gasteiger charge is 2.59. The highest BCUT2D eigenvalue weighted by molar-refractivity contribution is 6.36. The summed E-state index contributed by atoms with van der Waals surface area (Å²) in [5, 5.41) is 6.03. The van der Waals surface area contributed by atoms with Crippen molar-refractivity contribution < 1.29 is 9.59 Å². The van der Waals surface area contributed by atoms with Gasteiger partial charge in [-0.2, -0.15) is 10.1 Å². The molecule has 112 valence electrons. The maximum atomic E-state index is 12.5. The molecule has 1 aromatic rings. The molecule has 4 nitrogen and oxygen atoms in total. The molecule has 1 heterocycles. The van der Waals surface area contributed by atoms with E-state index in [0.717, 1.165) is 11.4 Å². The SMILES string of the molecule is O=C1[C@@H]2[C@H](C(=O)N1/N=C/c1ccc(Cl)cc1Cl)[C@@H]1C=C[C@H]2C1. The normalized spacial score (nSPS) is 32.5. The van der Waals surface area contributed by atoms with Gasteiger partial charge in [-0.05, 0) is 30.4 Å². The topological polar surface area (TPSA) is 49.7 Å². The van der Waals surface area contributed by atoms with Gasteiger partial charge in [0.15, 0.2) is 0 Å². The second kappa shape index (κ2) is 4.93. The van der Waals surface area contributed by atoms with Gasteiger partial charge in [0.25, 0.3) is 11.8 Å². The number of halogens is 2. The summed E-state index contributed by atoms with van der Waals surface area (Å²) in [7, 11) is 0. The standard InChI is InChI=1S/C16H12Cl2N2O2/c17-11-4-3-10(12(18)6-11)7-19-20-15(21)13-8-1-2-9(5-8)14(13)16(20)22/h1-4,6-9,13-14H,5H2/b19-7+/t8-,9+,13-,14+. The predicted molar refractivity (Wildman–Crippen MR) is 83.6 cm³/mol. The van der Waals surface area contributed by atoms with Crippen LogP contribution in [0, 0.1) is 23.7 Å². The summed E-state index contributed by atoms with van der Waals surface area (Å²) in [6.45, 7) is 0. The number of carbonyl (C=O) groups is 2. The van der Waals surface area contributed by atoms with Crippen molar-refractivity contribution >= 4 is 41.2 Å². The first-order valence-corrected chi connectivity index (χ1v) is 7.87. The van der Waals surface area contributed by atoms with Crippen LogP contribution >= 0.6 is 23.2 Å². The maximum absolute atomic E-state index is 12.5. The van der Waals surface area contributed by atoms with Gasteiger partial charge in [0.1, 0.15) is 0 Å². The summed E-state index contributed by atoms with van der Waals surface area (Å²) in [6.07, 6.45) is 6.46. The molecule has 1 aromatic carbocycles. The molecule has 22 heavy (non-hydrogen) atoms. The van der Waals surface area contributed by atoms with Gasteiger partial charge in [-0.1, -0.05) is 41.4 Å². The van der Waals surface area contributed by atoms with E-state index in [4.69, 9.17) is 23.2 Å². The molecule has 1 saturated carbocycles. The molecule has 3 aliphatic rings. The Morgan fingerprint density at radius 3 is 2.32 bits per heavy atom. The molecule has 1 aliphatic heterocycles. The largest absolute Gasteiger partial charge is 0.272 e. The van der Waals surface area contributed by atoms with Crippen LogP contribution in [-0.4, -0.2) is 23.0 Å². The van der Waals surface area contributed by atoms with Crippen molar-refractivity contribution in [2.45, 2.75) is 6.42 Å². The lowest BCUT2D eigenvalue weighted by atomic mass is 9.85. The Morgan fingerprint density at radius 2 is 1.73 bits per heavy atom. The first-order chi connectivity index (χ1) is 10.6. The number of nitrogens with zero attached hydrogens (tertiary/aromatic N) is 2. The molecule has 0 radical (unpaired) electrons. The molecule has 2 aliphatic carbocycles. The number of amides is 2. The third-order valence-electron chi connectivity index (χ3n) is 4.72. The van der Waals surface area contributed by atoms with Gasteiger partial charge in [0.05, 0.1) is 23.1 Å². The molecular weight excluding hydrogens is 323 g/mol. The third-order valence-corrected chi connectivity index (χ3v) is 5.28. The first-order valence-electron chi connectivity index (χ1n) is 7.11. The third kappa shape index (κ3) is 1.94. The average Bonchev–Trinajstić information content (AvgIpc) is 3.14. The van der Waals surface area contributed by atoms with Gasteiger partial charge in [-0.15, -0.1) is 0 Å². The van der Waals surface area contributed by atoms with Crippen LogP contribution in [0.15, 0.2) is 35.5 Å². The Hall–Kier alpha value is -1.65. The smallest absolute Gasteiger partial charge is 0.254 e. The Balaban J connectivity index is 1.60. The number of hydrazone groups is 1. The van der Waals surface area contributed by atoms with Crippen molar-refractivity contribution in [1.82, 2.24) is 5.01 Å². The van der Waals surface area contributed by atoms with Crippen LogP contribution in [0.5, 0.6) is 0 Å². The highest BCUT2D eigenvalue weighted by Crippen LogP contribution is 2.52. The second-order valence-corrected chi connectivity index (χ2v) is 6.74. The summed E-state index contributed by atoms with van der Waals surface area (Å²) in [6, 6.07) is 4.98. The number of hydrogen-bond acceptors (Lipinski definition) is 3. The average molecular weight is 335 g/mol. The van der Waals surface area contributed by atoms with E-state index in [1.165, 1.54) is 6.21 Å². The van der Waals surface area contributed by atoms with Gasteiger partial charge in [0, 0.05) is 10.6 Å².